The predicted octanol–water partition coefficient (Wildman–Crippen LogP) is 3.50. The van der Waals surface area contributed by atoms with E-state index in [-0.39, 0.29) is 5.78 Å². The summed E-state index contributed by atoms with van der Waals surface area (Å²) in [4.78, 5) is 11.9. The third-order valence-corrected chi connectivity index (χ3v) is 4.12. The Hall–Kier alpha value is -2.09. The quantitative estimate of drug-likeness (QED) is 0.704. The van der Waals surface area contributed by atoms with Gasteiger partial charge in [-0.15, -0.1) is 0 Å². The topological polar surface area (TPSA) is 26.3 Å². The van der Waals surface area contributed by atoms with Crippen molar-refractivity contribution in [2.24, 2.45) is 5.92 Å². The molecule has 1 aromatic rings. The summed E-state index contributed by atoms with van der Waals surface area (Å²) in [7, 11) is 0. The Morgan fingerprint density at radius 1 is 1.16 bits per heavy atom. The number of carbonyl (C=O) groups excluding carboxylic acids is 1. The molecule has 0 bridgehead atoms. The van der Waals surface area contributed by atoms with Crippen LogP contribution in [0, 0.1) is 5.92 Å². The average Bonchev–Trinajstić information content (AvgIpc) is 2.46. The summed E-state index contributed by atoms with van der Waals surface area (Å²) in [5, 5.41) is 0. The molecule has 1 heterocycles. The molecule has 0 spiro atoms. The van der Waals surface area contributed by atoms with Gasteiger partial charge in [0, 0.05) is 29.4 Å². The van der Waals surface area contributed by atoms with Crippen molar-refractivity contribution >= 4 is 11.9 Å². The van der Waals surface area contributed by atoms with Crippen LogP contribution in [0.15, 0.2) is 42.5 Å². The van der Waals surface area contributed by atoms with Crippen LogP contribution in [-0.2, 0) is 0 Å². The van der Waals surface area contributed by atoms with E-state index in [9.17, 15) is 4.79 Å². The van der Waals surface area contributed by atoms with Crippen LogP contribution in [0.2, 0.25) is 0 Å². The largest absolute Gasteiger partial charge is 0.493 e. The Balaban J connectivity index is 1.88. The zero-order chi connectivity index (χ0) is 12.8. The molecule has 4 rings (SSSR count). The van der Waals surface area contributed by atoms with E-state index < -0.39 is 0 Å². The second-order valence-corrected chi connectivity index (χ2v) is 5.28. The first-order valence-corrected chi connectivity index (χ1v) is 6.68. The lowest BCUT2D eigenvalue weighted by atomic mass is 9.79. The summed E-state index contributed by atoms with van der Waals surface area (Å²) < 4.78 is 5.85. The molecule has 2 aliphatic carbocycles. The Morgan fingerprint density at radius 3 is 3.00 bits per heavy atom. The number of ketones is 1. The van der Waals surface area contributed by atoms with Crippen LogP contribution in [0.25, 0.3) is 6.08 Å². The molecule has 0 radical (unpaired) electrons. The highest BCUT2D eigenvalue weighted by Crippen LogP contribution is 2.42. The first-order chi connectivity index (χ1) is 9.33. The van der Waals surface area contributed by atoms with Gasteiger partial charge < -0.3 is 4.74 Å². The number of fused-ring (bicyclic) bond motifs is 4. The number of carbonyl (C=O) groups is 1. The molecule has 19 heavy (non-hydrogen) atoms. The fraction of sp³-hybridized carbons (Fsp3) is 0.235. The molecule has 2 nitrogen and oxygen atoms in total. The Labute approximate surface area is 112 Å². The van der Waals surface area contributed by atoms with Gasteiger partial charge in [-0.05, 0) is 17.7 Å². The van der Waals surface area contributed by atoms with Crippen LogP contribution in [0.4, 0.5) is 0 Å². The van der Waals surface area contributed by atoms with Gasteiger partial charge in [0.25, 0.3) is 0 Å². The number of benzene rings is 1. The highest BCUT2D eigenvalue weighted by atomic mass is 16.5. The van der Waals surface area contributed by atoms with Gasteiger partial charge in [-0.25, -0.2) is 0 Å². The van der Waals surface area contributed by atoms with Crippen molar-refractivity contribution in [2.75, 3.05) is 6.61 Å². The molecule has 2 heteroatoms. The molecule has 1 aliphatic heterocycles. The van der Waals surface area contributed by atoms with Gasteiger partial charge in [0.1, 0.15) is 5.75 Å². The van der Waals surface area contributed by atoms with Crippen LogP contribution in [-0.4, -0.2) is 12.4 Å². The van der Waals surface area contributed by atoms with Crippen LogP contribution in [0.1, 0.15) is 33.8 Å². The third-order valence-electron chi connectivity index (χ3n) is 4.12. The number of rotatable bonds is 0. The zero-order valence-electron chi connectivity index (χ0n) is 10.5. The van der Waals surface area contributed by atoms with E-state index in [0.717, 1.165) is 16.9 Å². The van der Waals surface area contributed by atoms with Gasteiger partial charge in [0.05, 0.1) is 6.61 Å². The molecular formula is C17H14O2. The predicted molar refractivity (Wildman–Crippen MR) is 74.4 cm³/mol. The van der Waals surface area contributed by atoms with Crippen molar-refractivity contribution < 1.29 is 9.53 Å². The molecule has 2 unspecified atom stereocenters. The second kappa shape index (κ2) is 3.95. The lowest BCUT2D eigenvalue weighted by molar-refractivity contribution is 0.0993. The molecule has 0 aromatic heterocycles. The average molecular weight is 250 g/mol. The smallest absolute Gasteiger partial charge is 0.167 e. The van der Waals surface area contributed by atoms with E-state index in [1.807, 2.05) is 18.2 Å². The van der Waals surface area contributed by atoms with Crippen molar-refractivity contribution in [1.29, 1.82) is 0 Å². The molecule has 0 saturated heterocycles. The van der Waals surface area contributed by atoms with Crippen LogP contribution in [0.5, 0.6) is 5.75 Å². The molecule has 0 N–H and O–H groups in total. The maximum absolute atomic E-state index is 11.9. The van der Waals surface area contributed by atoms with Crippen molar-refractivity contribution in [2.45, 2.75) is 12.3 Å². The molecule has 94 valence electrons. The van der Waals surface area contributed by atoms with E-state index in [1.54, 1.807) is 0 Å². The highest BCUT2D eigenvalue weighted by molar-refractivity contribution is 6.03. The monoisotopic (exact) mass is 250 g/mol. The summed E-state index contributed by atoms with van der Waals surface area (Å²) in [6.45, 7) is 0.696. The summed E-state index contributed by atoms with van der Waals surface area (Å²) in [5.41, 5.74) is 3.03. The molecule has 0 saturated carbocycles. The standard InChI is InChI=1S/C17H14O2/c18-16-7-3-5-11-8-15-13-6-2-1-4-12(13)10-19-17(15)9-14(11)16/h1-6,8-9,12-13H,7,10H2. The van der Waals surface area contributed by atoms with E-state index >= 15 is 0 Å². The number of Topliss-reactive ketones (excluding diaryl/α,β-unsaturated/α-hetero) is 1. The third kappa shape index (κ3) is 1.60. The minimum atomic E-state index is 0.185. The van der Waals surface area contributed by atoms with Gasteiger partial charge in [-0.2, -0.15) is 0 Å². The summed E-state index contributed by atoms with van der Waals surface area (Å²) >= 11 is 0. The van der Waals surface area contributed by atoms with E-state index in [2.05, 4.69) is 30.4 Å². The summed E-state index contributed by atoms with van der Waals surface area (Å²) in [6.07, 6.45) is 13.1. The molecule has 3 aliphatic rings. The fourth-order valence-electron chi connectivity index (χ4n) is 3.11. The first-order valence-electron chi connectivity index (χ1n) is 6.68. The number of allylic oxidation sites excluding steroid dienone is 4. The van der Waals surface area contributed by atoms with Crippen molar-refractivity contribution in [3.05, 3.63) is 59.2 Å². The maximum atomic E-state index is 11.9. The summed E-state index contributed by atoms with van der Waals surface area (Å²) in [6, 6.07) is 4.05. The maximum Gasteiger partial charge on any atom is 0.167 e. The first kappa shape index (κ1) is 10.8. The highest BCUT2D eigenvalue weighted by Gasteiger charge is 2.30. The Morgan fingerprint density at radius 2 is 2.05 bits per heavy atom. The van der Waals surface area contributed by atoms with Gasteiger partial charge in [0.15, 0.2) is 5.78 Å². The van der Waals surface area contributed by atoms with Crippen LogP contribution in [0.3, 0.4) is 0 Å². The van der Waals surface area contributed by atoms with Crippen molar-refractivity contribution in [3.8, 4) is 5.75 Å². The van der Waals surface area contributed by atoms with Gasteiger partial charge >= 0.3 is 0 Å². The number of hydrogen-bond donors (Lipinski definition) is 0. The van der Waals surface area contributed by atoms with Gasteiger partial charge in [-0.1, -0.05) is 36.5 Å². The molecule has 1 aromatic carbocycles. The zero-order valence-corrected chi connectivity index (χ0v) is 10.5. The SMILES string of the molecule is O=C1CC=Cc2cc3c(cc21)OCC1C=CC=CC31. The molecule has 2 atom stereocenters. The lowest BCUT2D eigenvalue weighted by Crippen LogP contribution is -2.25. The molecular weight excluding hydrogens is 236 g/mol. The van der Waals surface area contributed by atoms with E-state index in [4.69, 9.17) is 4.74 Å². The van der Waals surface area contributed by atoms with Crippen LogP contribution < -0.4 is 4.74 Å². The molecule has 0 fully saturated rings. The second-order valence-electron chi connectivity index (χ2n) is 5.28. The lowest BCUT2D eigenvalue weighted by Gasteiger charge is -2.32. The fourth-order valence-corrected chi connectivity index (χ4v) is 3.11. The van der Waals surface area contributed by atoms with E-state index in [0.29, 0.717) is 24.9 Å². The Bertz CT molecular complexity index is 649. The number of ether oxygens (including phenoxy) is 1. The van der Waals surface area contributed by atoms with E-state index in [1.165, 1.54) is 5.56 Å². The van der Waals surface area contributed by atoms with Gasteiger partial charge in [-0.3, -0.25) is 4.79 Å². The Kier molecular flexibility index (Phi) is 2.25. The van der Waals surface area contributed by atoms with Crippen molar-refractivity contribution in [3.63, 3.8) is 0 Å². The summed E-state index contributed by atoms with van der Waals surface area (Å²) in [5.74, 6) is 1.86. The van der Waals surface area contributed by atoms with Crippen LogP contribution >= 0.6 is 0 Å². The number of hydrogen-bond acceptors (Lipinski definition) is 2. The minimum absolute atomic E-state index is 0.185. The molecule has 0 amide bonds. The normalized spacial score (nSPS) is 26.4. The van der Waals surface area contributed by atoms with Crippen molar-refractivity contribution in [1.82, 2.24) is 0 Å². The minimum Gasteiger partial charge on any atom is -0.493 e. The van der Waals surface area contributed by atoms with Gasteiger partial charge in [0.2, 0.25) is 0 Å².